The molecule has 4 unspecified atom stereocenters. The number of hydrogen-bond acceptors (Lipinski definition) is 7. The van der Waals surface area contributed by atoms with Gasteiger partial charge in [0.2, 0.25) is 0 Å². The van der Waals surface area contributed by atoms with E-state index in [-0.39, 0.29) is 25.4 Å². The van der Waals surface area contributed by atoms with E-state index < -0.39 is 24.3 Å². The Morgan fingerprint density at radius 3 is 1.88 bits per heavy atom. The molecule has 59 heavy (non-hydrogen) atoms. The van der Waals surface area contributed by atoms with Crippen molar-refractivity contribution >= 4 is 12.0 Å². The number of urea groups is 1. The smallest absolute Gasteiger partial charge is 0.328 e. The average Bonchev–Trinajstić information content (AvgIpc) is 3.29. The molecule has 0 aliphatic carbocycles. The summed E-state index contributed by atoms with van der Waals surface area (Å²) in [6.07, 6.45) is 0.0295. The minimum absolute atomic E-state index is 0.0164. The van der Waals surface area contributed by atoms with Crippen LogP contribution in [0.1, 0.15) is 57.8 Å². The van der Waals surface area contributed by atoms with Crippen molar-refractivity contribution in [2.75, 3.05) is 13.7 Å². The van der Waals surface area contributed by atoms with Crippen molar-refractivity contribution in [2.24, 2.45) is 0 Å². The van der Waals surface area contributed by atoms with Crippen molar-refractivity contribution in [1.29, 1.82) is 0 Å². The zero-order chi connectivity index (χ0) is 40.8. The largest absolute Gasteiger partial charge is 0.467 e. The van der Waals surface area contributed by atoms with Gasteiger partial charge in [0.15, 0.2) is 6.29 Å². The maximum Gasteiger partial charge on any atom is 0.328 e. The van der Waals surface area contributed by atoms with Crippen molar-refractivity contribution in [3.63, 3.8) is 0 Å². The van der Waals surface area contributed by atoms with E-state index in [0.29, 0.717) is 19.4 Å². The summed E-state index contributed by atoms with van der Waals surface area (Å²) in [5.41, 5.74) is 9.05. The van der Waals surface area contributed by atoms with E-state index in [1.807, 2.05) is 103 Å². The van der Waals surface area contributed by atoms with E-state index >= 15 is 0 Å². The molecule has 4 atom stereocenters. The van der Waals surface area contributed by atoms with Gasteiger partial charge in [-0.2, -0.15) is 0 Å². The van der Waals surface area contributed by atoms with Crippen LogP contribution in [0.2, 0.25) is 0 Å². The third kappa shape index (κ3) is 11.5. The summed E-state index contributed by atoms with van der Waals surface area (Å²) < 4.78 is 18.5. The zero-order valence-corrected chi connectivity index (χ0v) is 33.3. The highest BCUT2D eigenvalue weighted by molar-refractivity contribution is 5.84. The van der Waals surface area contributed by atoms with Gasteiger partial charge in [-0.1, -0.05) is 164 Å². The van der Waals surface area contributed by atoms with Gasteiger partial charge >= 0.3 is 12.0 Å². The van der Waals surface area contributed by atoms with Gasteiger partial charge in [0.05, 0.1) is 25.9 Å². The molecule has 0 saturated carbocycles. The quantitative estimate of drug-likeness (QED) is 0.0843. The van der Waals surface area contributed by atoms with E-state index in [1.54, 1.807) is 0 Å². The van der Waals surface area contributed by atoms with Gasteiger partial charge in [-0.3, -0.25) is 4.90 Å². The highest BCUT2D eigenvalue weighted by atomic mass is 16.7. The first-order chi connectivity index (χ1) is 28.9. The van der Waals surface area contributed by atoms with E-state index in [1.165, 1.54) is 18.2 Å². The Kier molecular flexibility index (Phi) is 14.3. The number of nitrogens with one attached hydrogen (secondary N) is 2. The number of rotatable bonds is 16. The number of benzene rings is 6. The Morgan fingerprint density at radius 2 is 1.27 bits per heavy atom. The molecule has 1 fully saturated rings. The monoisotopic (exact) mass is 789 g/mol. The molecule has 302 valence electrons. The Hall–Kier alpha value is -6.10. The number of esters is 1. The molecule has 1 aliphatic rings. The van der Waals surface area contributed by atoms with Crippen LogP contribution in [-0.2, 0) is 51.7 Å². The molecular formula is C50H51N3O6. The highest BCUT2D eigenvalue weighted by Gasteiger charge is 2.33. The van der Waals surface area contributed by atoms with E-state index in [0.717, 1.165) is 52.0 Å². The SMILES string of the molecule is COC(=O)C(Cc1ccccc1)NC(=O)NCc1ccccc1-c1ccc(C2OC(CN(Cc3ccccc3)Cc3ccccc3)CC(c3ccc(CO)cc3)O2)cc1. The van der Waals surface area contributed by atoms with E-state index in [2.05, 4.69) is 76.2 Å². The Labute approximate surface area is 346 Å². The van der Waals surface area contributed by atoms with Crippen LogP contribution >= 0.6 is 0 Å². The number of hydrogen-bond donors (Lipinski definition) is 3. The van der Waals surface area contributed by atoms with Crippen LogP contribution in [0.25, 0.3) is 11.1 Å². The molecule has 0 aromatic heterocycles. The summed E-state index contributed by atoms with van der Waals surface area (Å²) >= 11 is 0. The molecule has 9 heteroatoms. The minimum Gasteiger partial charge on any atom is -0.467 e. The molecule has 1 saturated heterocycles. The Morgan fingerprint density at radius 1 is 0.695 bits per heavy atom. The normalized spacial score (nSPS) is 16.9. The van der Waals surface area contributed by atoms with Crippen LogP contribution in [0, 0.1) is 0 Å². The molecule has 0 radical (unpaired) electrons. The van der Waals surface area contributed by atoms with Gasteiger partial charge in [-0.25, -0.2) is 9.59 Å². The summed E-state index contributed by atoms with van der Waals surface area (Å²) in [6, 6.07) is 53.3. The lowest BCUT2D eigenvalue weighted by molar-refractivity contribution is -0.253. The van der Waals surface area contributed by atoms with E-state index in [9.17, 15) is 14.7 Å². The number of methoxy groups -OCH3 is 1. The predicted octanol–water partition coefficient (Wildman–Crippen LogP) is 8.68. The molecule has 1 heterocycles. The molecule has 6 aromatic carbocycles. The summed E-state index contributed by atoms with van der Waals surface area (Å²) in [4.78, 5) is 28.0. The number of aliphatic hydroxyl groups excluding tert-OH is 1. The first-order valence-electron chi connectivity index (χ1n) is 20.1. The second-order valence-corrected chi connectivity index (χ2v) is 14.9. The zero-order valence-electron chi connectivity index (χ0n) is 33.3. The molecule has 0 bridgehead atoms. The number of carbonyl (C=O) groups excluding carboxylic acids is 2. The first-order valence-corrected chi connectivity index (χ1v) is 20.1. The molecule has 0 spiro atoms. The predicted molar refractivity (Wildman–Crippen MR) is 229 cm³/mol. The van der Waals surface area contributed by atoms with Crippen molar-refractivity contribution in [3.8, 4) is 11.1 Å². The maximum absolute atomic E-state index is 13.1. The molecule has 7 rings (SSSR count). The van der Waals surface area contributed by atoms with Crippen LogP contribution in [0.15, 0.2) is 164 Å². The number of ether oxygens (including phenoxy) is 3. The highest BCUT2D eigenvalue weighted by Crippen LogP contribution is 2.39. The third-order valence-corrected chi connectivity index (χ3v) is 10.6. The second kappa shape index (κ2) is 20.5. The van der Waals surface area contributed by atoms with Gasteiger partial charge in [-0.15, -0.1) is 0 Å². The van der Waals surface area contributed by atoms with E-state index in [4.69, 9.17) is 14.2 Å². The van der Waals surface area contributed by atoms with Crippen LogP contribution in [0.5, 0.6) is 0 Å². The summed E-state index contributed by atoms with van der Waals surface area (Å²) in [5.74, 6) is -0.510. The summed E-state index contributed by atoms with van der Waals surface area (Å²) in [5, 5.41) is 15.4. The standard InChI is InChI=1S/C50H51N3O6/c1-57-48(55)46(29-36-13-5-2-6-14-36)52-50(56)51-31-43-19-11-12-20-45(43)40-25-27-42(28-26-40)49-58-44(30-47(59-49)41-23-21-39(35-54)22-24-41)34-53(32-37-15-7-3-8-16-37)33-38-17-9-4-10-18-38/h2-28,44,46-47,49,54H,29-35H2,1H3,(H2,51,52,56). The Balaban J connectivity index is 1.07. The van der Waals surface area contributed by atoms with Crippen molar-refractivity contribution < 1.29 is 28.9 Å². The van der Waals surface area contributed by atoms with Gasteiger partial charge in [0.1, 0.15) is 6.04 Å². The molecule has 1 aliphatic heterocycles. The van der Waals surface area contributed by atoms with Crippen molar-refractivity contribution in [2.45, 2.75) is 63.6 Å². The average molecular weight is 790 g/mol. The summed E-state index contributed by atoms with van der Waals surface area (Å²) in [7, 11) is 1.32. The van der Waals surface area contributed by atoms with Gasteiger partial charge in [-0.05, 0) is 44.5 Å². The van der Waals surface area contributed by atoms with Gasteiger partial charge in [0.25, 0.3) is 0 Å². The number of carbonyl (C=O) groups is 2. The lowest BCUT2D eigenvalue weighted by Gasteiger charge is -2.38. The molecular weight excluding hydrogens is 739 g/mol. The lowest BCUT2D eigenvalue weighted by atomic mass is 9.97. The fraction of sp³-hybridized carbons (Fsp3) is 0.240. The van der Waals surface area contributed by atoms with Gasteiger partial charge < -0.3 is 30.0 Å². The maximum atomic E-state index is 13.1. The Bertz CT molecular complexity index is 2180. The second-order valence-electron chi connectivity index (χ2n) is 14.9. The third-order valence-electron chi connectivity index (χ3n) is 10.6. The topological polar surface area (TPSA) is 109 Å². The van der Waals surface area contributed by atoms with Crippen LogP contribution in [-0.4, -0.2) is 47.8 Å². The van der Waals surface area contributed by atoms with Gasteiger partial charge in [0, 0.05) is 44.6 Å². The number of nitrogens with zero attached hydrogens (tertiary/aromatic N) is 1. The molecule has 9 nitrogen and oxygen atoms in total. The van der Waals surface area contributed by atoms with Crippen molar-refractivity contribution in [3.05, 3.63) is 203 Å². The fourth-order valence-electron chi connectivity index (χ4n) is 7.54. The molecule has 3 N–H and O–H groups in total. The molecule has 2 amide bonds. The first kappa shape index (κ1) is 41.1. The molecule has 6 aromatic rings. The number of aliphatic hydroxyl groups is 1. The van der Waals surface area contributed by atoms with Crippen LogP contribution < -0.4 is 10.6 Å². The number of amides is 2. The summed E-state index contributed by atoms with van der Waals surface area (Å²) in [6.45, 7) is 2.49. The van der Waals surface area contributed by atoms with Crippen molar-refractivity contribution in [1.82, 2.24) is 15.5 Å². The van der Waals surface area contributed by atoms with Crippen LogP contribution in [0.4, 0.5) is 4.79 Å². The minimum atomic E-state index is -0.829. The van der Waals surface area contributed by atoms with Crippen LogP contribution in [0.3, 0.4) is 0 Å². The fourth-order valence-corrected chi connectivity index (χ4v) is 7.54. The lowest BCUT2D eigenvalue weighted by Crippen LogP contribution is -2.47.